The van der Waals surface area contributed by atoms with Gasteiger partial charge in [0.2, 0.25) is 0 Å². The molecule has 0 bridgehead atoms. The van der Waals surface area contributed by atoms with Crippen molar-refractivity contribution < 1.29 is 0 Å². The van der Waals surface area contributed by atoms with Crippen LogP contribution in [0, 0.1) is 0 Å². The average molecular weight is 1030 g/mol. The maximum Gasteiger partial charge on any atom is 0.333 e. The normalized spacial score (nSPS) is 14.3. The summed E-state index contributed by atoms with van der Waals surface area (Å²) in [7, 11) is 0. The highest BCUT2D eigenvalue weighted by Gasteiger charge is 2.50. The van der Waals surface area contributed by atoms with Gasteiger partial charge in [0, 0.05) is 85.2 Å². The molecule has 7 heteroatoms. The molecule has 0 unspecified atom stereocenters. The molecule has 10 aromatic carbocycles. The second-order valence-corrected chi connectivity index (χ2v) is 25.6. The summed E-state index contributed by atoms with van der Waals surface area (Å²) >= 11 is 5.78. The van der Waals surface area contributed by atoms with E-state index in [2.05, 4.69) is 261 Å². The fraction of sp³-hybridized carbons (Fsp3) is 0.101. The van der Waals surface area contributed by atoms with Crippen LogP contribution in [0.3, 0.4) is 0 Å². The standard InChI is InChI=1S/C69H50BN3S3/c1-68(2,3)42-33-35-53(48(37-42)41-21-9-6-10-22-41)72-55-40-60-59(74-57-31-19-20-32-58(57)75-60)39-52(55)70-64-50(38-49-45-27-15-17-29-51(45)69(4,5)63(49)66(64)72)46-34-36-54(71(43-23-11-7-12-24-43)44-25-13-8-14-26-44)62-61-47-28-16-18-30-56(47)76-67(61)73(70)65(46)62/h6-40H,1-5H3. The highest BCUT2D eigenvalue weighted by Crippen LogP contribution is 2.61. The zero-order valence-corrected chi connectivity index (χ0v) is 45.3. The van der Waals surface area contributed by atoms with Crippen molar-refractivity contribution in [3.05, 3.63) is 229 Å². The van der Waals surface area contributed by atoms with E-state index in [9.17, 15) is 0 Å². The molecule has 2 aromatic heterocycles. The summed E-state index contributed by atoms with van der Waals surface area (Å²) in [5.74, 6) is 0. The van der Waals surface area contributed by atoms with Crippen LogP contribution in [-0.2, 0) is 10.8 Å². The minimum absolute atomic E-state index is 0.0569. The van der Waals surface area contributed by atoms with Gasteiger partial charge in [-0.25, -0.2) is 0 Å². The van der Waals surface area contributed by atoms with Crippen molar-refractivity contribution in [1.29, 1.82) is 0 Å². The molecule has 3 aliphatic heterocycles. The third-order valence-electron chi connectivity index (χ3n) is 16.7. The number of hydrogen-bond acceptors (Lipinski definition) is 5. The molecule has 76 heavy (non-hydrogen) atoms. The van der Waals surface area contributed by atoms with Crippen LogP contribution in [-0.4, -0.2) is 11.3 Å². The minimum atomic E-state index is -0.318. The molecule has 16 rings (SSSR count). The molecular weight excluding hydrogens is 978 g/mol. The number of fused-ring (bicyclic) bond motifs is 15. The van der Waals surface area contributed by atoms with Gasteiger partial charge in [-0.1, -0.05) is 192 Å². The number of thiophene rings is 1. The van der Waals surface area contributed by atoms with Crippen molar-refractivity contribution in [2.45, 2.75) is 65.0 Å². The van der Waals surface area contributed by atoms with Gasteiger partial charge < -0.3 is 14.3 Å². The van der Waals surface area contributed by atoms with E-state index in [0.29, 0.717) is 0 Å². The SMILES string of the molecule is CC(C)(C)c1ccc(N2c3cc4c(cc3B3c5c(cc6c(c52)C(C)(C)c2ccccc2-6)-c2ccc(N(c5ccccc5)c5ccccc5)c5c6c7ccccc7sc6n3c25)Sc2ccccc2S4)c(-c2ccccc2)c1. The van der Waals surface area contributed by atoms with Crippen molar-refractivity contribution in [3.8, 4) is 33.4 Å². The quantitative estimate of drug-likeness (QED) is 0.159. The molecule has 12 aromatic rings. The Morgan fingerprint density at radius 3 is 1.88 bits per heavy atom. The Morgan fingerprint density at radius 2 is 1.16 bits per heavy atom. The zero-order valence-electron chi connectivity index (χ0n) is 42.9. The molecule has 362 valence electrons. The van der Waals surface area contributed by atoms with Crippen molar-refractivity contribution in [1.82, 2.24) is 4.48 Å². The summed E-state index contributed by atoms with van der Waals surface area (Å²) < 4.78 is 4.11. The fourth-order valence-electron chi connectivity index (χ4n) is 13.3. The molecule has 3 nitrogen and oxygen atoms in total. The summed E-state index contributed by atoms with van der Waals surface area (Å²) in [5, 5.41) is 3.91. The second kappa shape index (κ2) is 16.2. The van der Waals surface area contributed by atoms with E-state index in [0.717, 1.165) is 11.4 Å². The summed E-state index contributed by atoms with van der Waals surface area (Å²) in [5.41, 5.74) is 22.6. The number of nitrogens with zero attached hydrogens (tertiary/aromatic N) is 3. The van der Waals surface area contributed by atoms with E-state index in [1.165, 1.54) is 135 Å². The van der Waals surface area contributed by atoms with Gasteiger partial charge in [0.15, 0.2) is 0 Å². The highest BCUT2D eigenvalue weighted by molar-refractivity contribution is 8.05. The van der Waals surface area contributed by atoms with Gasteiger partial charge in [-0.3, -0.25) is 0 Å². The van der Waals surface area contributed by atoms with E-state index < -0.39 is 0 Å². The molecule has 1 aliphatic carbocycles. The van der Waals surface area contributed by atoms with Crippen LogP contribution in [0.25, 0.3) is 64.6 Å². The molecule has 0 saturated carbocycles. The van der Waals surface area contributed by atoms with Crippen LogP contribution in [0.5, 0.6) is 0 Å². The number of aromatic nitrogens is 1. The fourth-order valence-corrected chi connectivity index (χ4v) is 16.9. The summed E-state index contributed by atoms with van der Waals surface area (Å²) in [6, 6.07) is 80.4. The van der Waals surface area contributed by atoms with E-state index in [4.69, 9.17) is 0 Å². The van der Waals surface area contributed by atoms with Crippen LogP contribution in [0.2, 0.25) is 0 Å². The molecule has 4 aliphatic rings. The number of hydrogen-bond donors (Lipinski definition) is 0. The summed E-state index contributed by atoms with van der Waals surface area (Å²) in [6.07, 6.45) is 0. The molecule has 0 fully saturated rings. The number of para-hydroxylation sites is 2. The zero-order chi connectivity index (χ0) is 50.8. The predicted octanol–water partition coefficient (Wildman–Crippen LogP) is 18.8. The van der Waals surface area contributed by atoms with Gasteiger partial charge in [0.25, 0.3) is 0 Å². The van der Waals surface area contributed by atoms with Crippen LogP contribution < -0.4 is 20.7 Å². The lowest BCUT2D eigenvalue weighted by atomic mass is 9.44. The van der Waals surface area contributed by atoms with Gasteiger partial charge in [-0.15, -0.1) is 11.3 Å². The monoisotopic (exact) mass is 1030 g/mol. The number of anilines is 6. The third-order valence-corrected chi connectivity index (χ3v) is 20.4. The first-order valence-corrected chi connectivity index (χ1v) is 28.9. The van der Waals surface area contributed by atoms with Crippen LogP contribution in [0.4, 0.5) is 34.1 Å². The van der Waals surface area contributed by atoms with Crippen LogP contribution >= 0.6 is 34.9 Å². The molecule has 0 N–H and O–H groups in total. The molecule has 0 amide bonds. The largest absolute Gasteiger partial charge is 0.367 e. The number of benzene rings is 10. The first kappa shape index (κ1) is 44.6. The van der Waals surface area contributed by atoms with Crippen molar-refractivity contribution >= 4 is 118 Å². The van der Waals surface area contributed by atoms with Crippen molar-refractivity contribution in [2.24, 2.45) is 0 Å². The highest BCUT2D eigenvalue weighted by atomic mass is 32.2. The van der Waals surface area contributed by atoms with E-state index >= 15 is 0 Å². The van der Waals surface area contributed by atoms with Gasteiger partial charge in [0.1, 0.15) is 0 Å². The summed E-state index contributed by atoms with van der Waals surface area (Å²) in [6.45, 7) is 11.8. The lowest BCUT2D eigenvalue weighted by Crippen LogP contribution is -2.57. The van der Waals surface area contributed by atoms with Gasteiger partial charge in [-0.2, -0.15) is 0 Å². The summed E-state index contributed by atoms with van der Waals surface area (Å²) in [4.78, 5) is 11.8. The smallest absolute Gasteiger partial charge is 0.333 e. The number of rotatable bonds is 5. The van der Waals surface area contributed by atoms with E-state index in [1.807, 2.05) is 34.9 Å². The molecule has 5 heterocycles. The molecule has 0 radical (unpaired) electrons. The first-order valence-electron chi connectivity index (χ1n) is 26.4. The molecule has 0 saturated heterocycles. The van der Waals surface area contributed by atoms with Crippen LogP contribution in [0.1, 0.15) is 51.3 Å². The third kappa shape index (κ3) is 6.22. The van der Waals surface area contributed by atoms with Gasteiger partial charge in [-0.05, 0) is 134 Å². The topological polar surface area (TPSA) is 11.4 Å². The second-order valence-electron chi connectivity index (χ2n) is 22.4. The van der Waals surface area contributed by atoms with Crippen molar-refractivity contribution in [2.75, 3.05) is 9.80 Å². The lowest BCUT2D eigenvalue weighted by molar-refractivity contribution is 0.590. The maximum atomic E-state index is 2.81. The van der Waals surface area contributed by atoms with Crippen LogP contribution in [0.15, 0.2) is 232 Å². The lowest BCUT2D eigenvalue weighted by Gasteiger charge is -2.44. The van der Waals surface area contributed by atoms with E-state index in [-0.39, 0.29) is 17.7 Å². The molecule has 0 atom stereocenters. The van der Waals surface area contributed by atoms with Crippen molar-refractivity contribution in [3.63, 3.8) is 0 Å². The average Bonchev–Trinajstić information content (AvgIpc) is 4.08. The van der Waals surface area contributed by atoms with Gasteiger partial charge >= 0.3 is 6.85 Å². The Bertz CT molecular complexity index is 4400. The molecule has 0 spiro atoms. The Labute approximate surface area is 456 Å². The Hall–Kier alpha value is -7.68. The van der Waals surface area contributed by atoms with Gasteiger partial charge in [0.05, 0.1) is 16.2 Å². The predicted molar refractivity (Wildman–Crippen MR) is 326 cm³/mol. The Kier molecular flexibility index (Phi) is 9.49. The Morgan fingerprint density at radius 1 is 0.513 bits per heavy atom. The Balaban J connectivity index is 1.10. The minimum Gasteiger partial charge on any atom is -0.367 e. The first-order chi connectivity index (χ1) is 37.1. The van der Waals surface area contributed by atoms with E-state index in [1.54, 1.807) is 0 Å². The maximum absolute atomic E-state index is 2.81. The molecular formula is C69H50BN3S3.